The highest BCUT2D eigenvalue weighted by molar-refractivity contribution is 5.71. The largest absolute Gasteiger partial charge is 0.481 e. The molecule has 4 aliphatic carbocycles. The van der Waals surface area contributed by atoms with Crippen LogP contribution in [0.2, 0.25) is 0 Å². The van der Waals surface area contributed by atoms with Crippen LogP contribution in [0, 0.1) is 45.3 Å². The average molecular weight is 501 g/mol. The molecule has 0 unspecified atom stereocenters. The molecule has 4 aliphatic rings. The number of fused-ring (bicyclic) bond motifs is 5. The van der Waals surface area contributed by atoms with Crippen LogP contribution in [0.3, 0.4) is 0 Å². The molecule has 9 atom stereocenters. The summed E-state index contributed by atoms with van der Waals surface area (Å²) in [5, 5.41) is 44.3. The van der Waals surface area contributed by atoms with Gasteiger partial charge >= 0.3 is 5.97 Å². The third-order valence-corrected chi connectivity index (χ3v) is 11.8. The fourth-order valence-electron chi connectivity index (χ4n) is 8.91. The number of aliphatic carboxylic acids is 1. The quantitative estimate of drug-likeness (QED) is 0.361. The van der Waals surface area contributed by atoms with Crippen LogP contribution in [0.25, 0.3) is 0 Å². The van der Waals surface area contributed by atoms with Crippen molar-refractivity contribution in [1.82, 2.24) is 0 Å². The summed E-state index contributed by atoms with van der Waals surface area (Å²) in [5.74, 6) is -1.67. The summed E-state index contributed by atoms with van der Waals surface area (Å²) in [6.45, 7) is 19.0. The van der Waals surface area contributed by atoms with Gasteiger partial charge in [-0.2, -0.15) is 0 Å². The molecule has 2 fully saturated rings. The van der Waals surface area contributed by atoms with Gasteiger partial charge in [0.15, 0.2) is 0 Å². The van der Waals surface area contributed by atoms with Gasteiger partial charge in [0.2, 0.25) is 0 Å². The zero-order valence-corrected chi connectivity index (χ0v) is 23.3. The Bertz CT molecular complexity index is 991. The van der Waals surface area contributed by atoms with Gasteiger partial charge < -0.3 is 20.4 Å². The number of rotatable bonds is 6. The molecular formula is C31H48O5. The van der Waals surface area contributed by atoms with Crippen LogP contribution >= 0.6 is 0 Å². The van der Waals surface area contributed by atoms with Crippen molar-refractivity contribution in [3.63, 3.8) is 0 Å². The standard InChI is InChI=1S/C31H48O5/c1-17(2)18(3)9-10-19(27(35)36)24-25(33)26(34)31(8)21-11-12-22-28(4,5)23(32)14-15-29(22,6)20(21)13-16-30(24,31)7/h11,13,17,19,22-26,32-34H,3,9-10,12,14-16H2,1-2,4-8H3,(H,35,36)/t19-,22+,23+,24+,25+,26+,29-,30-,31-/m1/s1. The molecule has 0 aromatic carbocycles. The summed E-state index contributed by atoms with van der Waals surface area (Å²) in [6.07, 6.45) is 6.10. The predicted molar refractivity (Wildman–Crippen MR) is 142 cm³/mol. The highest BCUT2D eigenvalue weighted by atomic mass is 16.4. The Kier molecular flexibility index (Phi) is 6.76. The smallest absolute Gasteiger partial charge is 0.306 e. The minimum absolute atomic E-state index is 0.124. The summed E-state index contributed by atoms with van der Waals surface area (Å²) in [4.78, 5) is 12.6. The molecule has 2 saturated carbocycles. The van der Waals surface area contributed by atoms with E-state index < -0.39 is 40.8 Å². The summed E-state index contributed by atoms with van der Waals surface area (Å²) >= 11 is 0. The Balaban J connectivity index is 1.77. The number of aliphatic hydroxyl groups is 3. The molecule has 0 heterocycles. The molecule has 5 nitrogen and oxygen atoms in total. The van der Waals surface area contributed by atoms with Crippen molar-refractivity contribution in [3.8, 4) is 0 Å². The minimum Gasteiger partial charge on any atom is -0.481 e. The molecule has 4 N–H and O–H groups in total. The molecule has 5 heteroatoms. The number of allylic oxidation sites excluding steroid dienone is 4. The highest BCUT2D eigenvalue weighted by Gasteiger charge is 2.70. The normalized spacial score (nSPS) is 44.1. The Morgan fingerprint density at radius 1 is 1.08 bits per heavy atom. The van der Waals surface area contributed by atoms with Gasteiger partial charge in [-0.15, -0.1) is 0 Å². The average Bonchev–Trinajstić information content (AvgIpc) is 2.94. The lowest BCUT2D eigenvalue weighted by Gasteiger charge is -2.61. The zero-order chi connectivity index (χ0) is 27.0. The second-order valence-corrected chi connectivity index (χ2v) is 13.9. The second kappa shape index (κ2) is 8.81. The number of hydrogen-bond acceptors (Lipinski definition) is 4. The lowest BCUT2D eigenvalue weighted by Crippen LogP contribution is -2.55. The first-order valence-corrected chi connectivity index (χ1v) is 13.9. The third kappa shape index (κ3) is 3.55. The molecule has 0 radical (unpaired) electrons. The Hall–Kier alpha value is -1.43. The van der Waals surface area contributed by atoms with Gasteiger partial charge in [0.1, 0.15) is 0 Å². The van der Waals surface area contributed by atoms with Gasteiger partial charge in [-0.1, -0.05) is 72.8 Å². The van der Waals surface area contributed by atoms with Crippen molar-refractivity contribution in [2.24, 2.45) is 45.3 Å². The maximum Gasteiger partial charge on any atom is 0.306 e. The lowest BCUT2D eigenvalue weighted by atomic mass is 9.44. The monoisotopic (exact) mass is 500 g/mol. The minimum atomic E-state index is -1.11. The maximum atomic E-state index is 12.6. The fourth-order valence-corrected chi connectivity index (χ4v) is 8.91. The molecule has 0 spiro atoms. The van der Waals surface area contributed by atoms with Crippen molar-refractivity contribution >= 4 is 5.97 Å². The molecule has 36 heavy (non-hydrogen) atoms. The summed E-state index contributed by atoms with van der Waals surface area (Å²) in [6, 6.07) is 0. The molecule has 0 aromatic rings. The summed E-state index contributed by atoms with van der Waals surface area (Å²) in [7, 11) is 0. The van der Waals surface area contributed by atoms with E-state index in [4.69, 9.17) is 0 Å². The van der Waals surface area contributed by atoms with E-state index in [1.54, 1.807) is 0 Å². The third-order valence-electron chi connectivity index (χ3n) is 11.8. The van der Waals surface area contributed by atoms with E-state index in [2.05, 4.69) is 67.2 Å². The Labute approximate surface area is 217 Å². The number of carboxylic acid groups (broad SMARTS) is 1. The predicted octanol–water partition coefficient (Wildman–Crippen LogP) is 5.51. The Morgan fingerprint density at radius 3 is 2.31 bits per heavy atom. The molecule has 0 aromatic heterocycles. The lowest BCUT2D eigenvalue weighted by molar-refractivity contribution is -0.148. The number of aliphatic hydroxyl groups excluding tert-OH is 3. The van der Waals surface area contributed by atoms with E-state index in [1.807, 2.05) is 0 Å². The van der Waals surface area contributed by atoms with Crippen molar-refractivity contribution in [3.05, 3.63) is 35.5 Å². The van der Waals surface area contributed by atoms with Crippen LogP contribution in [-0.2, 0) is 4.79 Å². The van der Waals surface area contributed by atoms with Crippen molar-refractivity contribution in [1.29, 1.82) is 0 Å². The van der Waals surface area contributed by atoms with E-state index in [0.29, 0.717) is 19.3 Å². The Morgan fingerprint density at radius 2 is 1.72 bits per heavy atom. The first kappa shape index (κ1) is 27.6. The maximum absolute atomic E-state index is 12.6. The van der Waals surface area contributed by atoms with Crippen LogP contribution < -0.4 is 0 Å². The first-order valence-electron chi connectivity index (χ1n) is 13.9. The van der Waals surface area contributed by atoms with Crippen LogP contribution in [0.5, 0.6) is 0 Å². The molecule has 0 amide bonds. The van der Waals surface area contributed by atoms with E-state index in [-0.39, 0.29) is 28.8 Å². The molecule has 0 bridgehead atoms. The molecule has 4 rings (SSSR count). The number of carboxylic acids is 1. The van der Waals surface area contributed by atoms with Gasteiger partial charge in [-0.3, -0.25) is 4.79 Å². The zero-order valence-electron chi connectivity index (χ0n) is 23.3. The van der Waals surface area contributed by atoms with Crippen LogP contribution in [0.15, 0.2) is 35.5 Å². The second-order valence-electron chi connectivity index (χ2n) is 13.9. The van der Waals surface area contributed by atoms with E-state index in [1.165, 1.54) is 5.57 Å². The molecular weight excluding hydrogens is 452 g/mol. The van der Waals surface area contributed by atoms with Gasteiger partial charge in [0.25, 0.3) is 0 Å². The van der Waals surface area contributed by atoms with Crippen molar-refractivity contribution in [2.45, 2.75) is 105 Å². The van der Waals surface area contributed by atoms with Gasteiger partial charge in [0.05, 0.1) is 24.2 Å². The molecule has 202 valence electrons. The highest BCUT2D eigenvalue weighted by Crippen LogP contribution is 2.71. The van der Waals surface area contributed by atoms with Gasteiger partial charge in [-0.25, -0.2) is 0 Å². The van der Waals surface area contributed by atoms with Gasteiger partial charge in [0, 0.05) is 11.3 Å². The number of carbonyl (C=O) groups is 1. The first-order chi connectivity index (χ1) is 16.5. The van der Waals surface area contributed by atoms with Crippen LogP contribution in [0.1, 0.15) is 87.0 Å². The number of hydrogen-bond donors (Lipinski definition) is 4. The van der Waals surface area contributed by atoms with Gasteiger partial charge in [-0.05, 0) is 77.8 Å². The van der Waals surface area contributed by atoms with E-state index in [9.17, 15) is 25.2 Å². The van der Waals surface area contributed by atoms with Crippen molar-refractivity contribution < 1.29 is 25.2 Å². The summed E-state index contributed by atoms with van der Waals surface area (Å²) < 4.78 is 0. The fraction of sp³-hybridized carbons (Fsp3) is 0.774. The van der Waals surface area contributed by atoms with E-state index >= 15 is 0 Å². The topological polar surface area (TPSA) is 98.0 Å². The molecule has 0 aliphatic heterocycles. The molecule has 0 saturated heterocycles. The SMILES string of the molecule is C=C(CC[C@@H](C(=O)O)[C@H]1[C@H](O)[C@H](O)[C@@]2(C)C3=CC[C@H]4C(C)(C)[C@@H](O)CC[C@]4(C)C3=CC[C@]12C)C(C)C. The van der Waals surface area contributed by atoms with Crippen LogP contribution in [-0.4, -0.2) is 44.7 Å². The van der Waals surface area contributed by atoms with Crippen molar-refractivity contribution in [2.75, 3.05) is 0 Å². The van der Waals surface area contributed by atoms with E-state index in [0.717, 1.165) is 30.4 Å². The van der Waals surface area contributed by atoms with Crippen LogP contribution in [0.4, 0.5) is 0 Å². The summed E-state index contributed by atoms with van der Waals surface area (Å²) in [5.41, 5.74) is 1.65.